The number of pyridine rings is 1. The van der Waals surface area contributed by atoms with Gasteiger partial charge in [0.15, 0.2) is 5.96 Å². The highest BCUT2D eigenvalue weighted by molar-refractivity contribution is 5.79. The van der Waals surface area contributed by atoms with Crippen LogP contribution in [0.1, 0.15) is 25.0 Å². The van der Waals surface area contributed by atoms with Gasteiger partial charge in [0.05, 0.1) is 0 Å². The Hall–Kier alpha value is -2.56. The Morgan fingerprint density at radius 2 is 1.92 bits per heavy atom. The predicted molar refractivity (Wildman–Crippen MR) is 98.1 cm³/mol. The highest BCUT2D eigenvalue weighted by Crippen LogP contribution is 2.15. The zero-order valence-electron chi connectivity index (χ0n) is 14.6. The van der Waals surface area contributed by atoms with E-state index >= 15 is 0 Å². The van der Waals surface area contributed by atoms with Crippen LogP contribution in [-0.2, 0) is 13.2 Å². The SMILES string of the molecule is CN=C(NCc1cccnc1OCc1ccccc1)NCC(C)C. The quantitative estimate of drug-likeness (QED) is 0.607. The molecule has 0 saturated heterocycles. The smallest absolute Gasteiger partial charge is 0.218 e. The summed E-state index contributed by atoms with van der Waals surface area (Å²) < 4.78 is 5.88. The Balaban J connectivity index is 1.93. The first kappa shape index (κ1) is 17.8. The highest BCUT2D eigenvalue weighted by Gasteiger charge is 2.06. The number of aromatic nitrogens is 1. The van der Waals surface area contributed by atoms with Gasteiger partial charge in [-0.05, 0) is 17.5 Å². The molecule has 0 spiro atoms. The fourth-order valence-electron chi connectivity index (χ4n) is 2.11. The number of aliphatic imine (C=N–C) groups is 1. The van der Waals surface area contributed by atoms with Crippen LogP contribution in [0.25, 0.3) is 0 Å². The summed E-state index contributed by atoms with van der Waals surface area (Å²) in [5.74, 6) is 1.99. The standard InChI is InChI=1S/C19H26N4O/c1-15(2)12-22-19(20-3)23-13-17-10-7-11-21-18(17)24-14-16-8-5-4-6-9-16/h4-11,15H,12-14H2,1-3H3,(H2,20,22,23). The van der Waals surface area contributed by atoms with Gasteiger partial charge in [-0.1, -0.05) is 50.2 Å². The van der Waals surface area contributed by atoms with E-state index in [1.807, 2.05) is 42.5 Å². The number of guanidine groups is 1. The molecule has 0 unspecified atom stereocenters. The minimum Gasteiger partial charge on any atom is -0.473 e. The number of rotatable bonds is 7. The molecule has 2 N–H and O–H groups in total. The predicted octanol–water partition coefficient (Wildman–Crippen LogP) is 2.98. The number of hydrogen-bond acceptors (Lipinski definition) is 3. The molecule has 1 heterocycles. The fourth-order valence-corrected chi connectivity index (χ4v) is 2.11. The zero-order valence-corrected chi connectivity index (χ0v) is 14.6. The van der Waals surface area contributed by atoms with Gasteiger partial charge in [0.1, 0.15) is 6.61 Å². The second-order valence-electron chi connectivity index (χ2n) is 5.94. The molecule has 0 aliphatic carbocycles. The number of nitrogens with one attached hydrogen (secondary N) is 2. The molecule has 5 heteroatoms. The molecule has 0 atom stereocenters. The van der Waals surface area contributed by atoms with E-state index in [-0.39, 0.29) is 0 Å². The molecule has 5 nitrogen and oxygen atoms in total. The summed E-state index contributed by atoms with van der Waals surface area (Å²) in [6.07, 6.45) is 1.75. The van der Waals surface area contributed by atoms with Gasteiger partial charge in [-0.3, -0.25) is 4.99 Å². The molecule has 0 saturated carbocycles. The zero-order chi connectivity index (χ0) is 17.2. The van der Waals surface area contributed by atoms with Crippen LogP contribution in [0.3, 0.4) is 0 Å². The number of benzene rings is 1. The molecule has 0 amide bonds. The lowest BCUT2D eigenvalue weighted by Gasteiger charge is -2.15. The van der Waals surface area contributed by atoms with Gasteiger partial charge in [-0.2, -0.15) is 0 Å². The van der Waals surface area contributed by atoms with E-state index in [0.29, 0.717) is 24.9 Å². The average molecular weight is 326 g/mol. The van der Waals surface area contributed by atoms with Crippen molar-refractivity contribution in [3.8, 4) is 5.88 Å². The van der Waals surface area contributed by atoms with E-state index in [1.54, 1.807) is 13.2 Å². The minimum atomic E-state index is 0.505. The highest BCUT2D eigenvalue weighted by atomic mass is 16.5. The fraction of sp³-hybridized carbons (Fsp3) is 0.368. The average Bonchev–Trinajstić information content (AvgIpc) is 2.61. The minimum absolute atomic E-state index is 0.505. The molecule has 24 heavy (non-hydrogen) atoms. The van der Waals surface area contributed by atoms with Crippen LogP contribution in [0.15, 0.2) is 53.7 Å². The van der Waals surface area contributed by atoms with Crippen molar-refractivity contribution in [3.63, 3.8) is 0 Å². The van der Waals surface area contributed by atoms with Crippen LogP contribution in [0.5, 0.6) is 5.88 Å². The van der Waals surface area contributed by atoms with E-state index in [9.17, 15) is 0 Å². The first-order valence-electron chi connectivity index (χ1n) is 8.24. The molecule has 2 rings (SSSR count). The van der Waals surface area contributed by atoms with E-state index < -0.39 is 0 Å². The number of ether oxygens (including phenoxy) is 1. The van der Waals surface area contributed by atoms with E-state index in [4.69, 9.17) is 4.74 Å². The number of hydrogen-bond donors (Lipinski definition) is 2. The maximum atomic E-state index is 5.88. The maximum absolute atomic E-state index is 5.88. The molecule has 0 bridgehead atoms. The van der Waals surface area contributed by atoms with Crippen molar-refractivity contribution < 1.29 is 4.74 Å². The lowest BCUT2D eigenvalue weighted by molar-refractivity contribution is 0.290. The molecule has 128 valence electrons. The van der Waals surface area contributed by atoms with Crippen molar-refractivity contribution in [2.24, 2.45) is 10.9 Å². The van der Waals surface area contributed by atoms with Crippen molar-refractivity contribution >= 4 is 5.96 Å². The normalized spacial score (nSPS) is 11.4. The summed E-state index contributed by atoms with van der Waals surface area (Å²) in [5, 5.41) is 6.59. The maximum Gasteiger partial charge on any atom is 0.218 e. The second kappa shape index (κ2) is 9.55. The van der Waals surface area contributed by atoms with Crippen LogP contribution < -0.4 is 15.4 Å². The third-order valence-electron chi connectivity index (χ3n) is 3.42. The Morgan fingerprint density at radius 1 is 1.12 bits per heavy atom. The van der Waals surface area contributed by atoms with Gasteiger partial charge < -0.3 is 15.4 Å². The van der Waals surface area contributed by atoms with Gasteiger partial charge in [0, 0.05) is 31.9 Å². The molecule has 1 aromatic heterocycles. The summed E-state index contributed by atoms with van der Waals surface area (Å²) in [7, 11) is 1.77. The lowest BCUT2D eigenvalue weighted by atomic mass is 10.2. The molecular weight excluding hydrogens is 300 g/mol. The molecule has 0 aliphatic heterocycles. The Bertz CT molecular complexity index is 641. The van der Waals surface area contributed by atoms with Crippen LogP contribution in [0, 0.1) is 5.92 Å². The molecular formula is C19H26N4O. The summed E-state index contributed by atoms with van der Waals surface area (Å²) in [6, 6.07) is 14.0. The molecule has 0 aliphatic rings. The summed E-state index contributed by atoms with van der Waals surface area (Å²) >= 11 is 0. The van der Waals surface area contributed by atoms with E-state index in [1.165, 1.54) is 0 Å². The summed E-state index contributed by atoms with van der Waals surface area (Å²) in [5.41, 5.74) is 2.12. The third-order valence-corrected chi connectivity index (χ3v) is 3.42. The van der Waals surface area contributed by atoms with Crippen molar-refractivity contribution in [1.82, 2.24) is 15.6 Å². The van der Waals surface area contributed by atoms with E-state index in [0.717, 1.165) is 23.6 Å². The van der Waals surface area contributed by atoms with Gasteiger partial charge in [-0.25, -0.2) is 4.98 Å². The topological polar surface area (TPSA) is 58.5 Å². The van der Waals surface area contributed by atoms with Crippen LogP contribution in [-0.4, -0.2) is 24.5 Å². The Morgan fingerprint density at radius 3 is 2.62 bits per heavy atom. The van der Waals surface area contributed by atoms with Crippen molar-refractivity contribution in [2.45, 2.75) is 27.0 Å². The Labute approximate surface area is 144 Å². The summed E-state index contributed by atoms with van der Waals surface area (Å²) in [4.78, 5) is 8.58. The first-order valence-corrected chi connectivity index (χ1v) is 8.24. The van der Waals surface area contributed by atoms with Gasteiger partial charge >= 0.3 is 0 Å². The summed E-state index contributed by atoms with van der Waals surface area (Å²) in [6.45, 7) is 6.32. The molecule has 0 fully saturated rings. The van der Waals surface area contributed by atoms with Crippen LogP contribution >= 0.6 is 0 Å². The molecule has 1 aromatic carbocycles. The van der Waals surface area contributed by atoms with Crippen LogP contribution in [0.2, 0.25) is 0 Å². The van der Waals surface area contributed by atoms with Crippen molar-refractivity contribution in [1.29, 1.82) is 0 Å². The second-order valence-corrected chi connectivity index (χ2v) is 5.94. The molecule has 2 aromatic rings. The van der Waals surface area contributed by atoms with Gasteiger partial charge in [0.2, 0.25) is 5.88 Å². The van der Waals surface area contributed by atoms with Gasteiger partial charge in [-0.15, -0.1) is 0 Å². The lowest BCUT2D eigenvalue weighted by Crippen LogP contribution is -2.38. The first-order chi connectivity index (χ1) is 11.7. The van der Waals surface area contributed by atoms with Crippen molar-refractivity contribution in [2.75, 3.05) is 13.6 Å². The third kappa shape index (κ3) is 5.91. The largest absolute Gasteiger partial charge is 0.473 e. The van der Waals surface area contributed by atoms with E-state index in [2.05, 4.69) is 34.5 Å². The monoisotopic (exact) mass is 326 g/mol. The molecule has 0 radical (unpaired) electrons. The Kier molecular flexibility index (Phi) is 7.08. The number of nitrogens with zero attached hydrogens (tertiary/aromatic N) is 2. The van der Waals surface area contributed by atoms with Crippen molar-refractivity contribution in [3.05, 3.63) is 59.8 Å². The van der Waals surface area contributed by atoms with Crippen LogP contribution in [0.4, 0.5) is 0 Å². The van der Waals surface area contributed by atoms with Gasteiger partial charge in [0.25, 0.3) is 0 Å².